The number of fused-ring (bicyclic) bond motifs is 2. The Balaban J connectivity index is 1.75. The Kier molecular flexibility index (Phi) is 2.83. The lowest BCUT2D eigenvalue weighted by molar-refractivity contribution is 0.0916. The molecular formula is C18H19NOS. The predicted molar refractivity (Wildman–Crippen MR) is 85.2 cm³/mol. The monoisotopic (exact) mass is 297 g/mol. The largest absolute Gasteiger partial charge is 0.293 e. The number of aryl methyl sites for hydroxylation is 1. The molecule has 0 fully saturated rings. The molecule has 0 spiro atoms. The Morgan fingerprint density at radius 3 is 2.90 bits per heavy atom. The average molecular weight is 297 g/mol. The summed E-state index contributed by atoms with van der Waals surface area (Å²) < 4.78 is 0. The number of hydrogen-bond acceptors (Lipinski definition) is 3. The van der Waals surface area contributed by atoms with E-state index in [2.05, 4.69) is 38.1 Å². The predicted octanol–water partition coefficient (Wildman–Crippen LogP) is 4.38. The minimum Gasteiger partial charge on any atom is -0.293 e. The molecule has 0 N–H and O–H groups in total. The van der Waals surface area contributed by atoms with Crippen molar-refractivity contribution in [1.82, 2.24) is 4.98 Å². The maximum atomic E-state index is 12.3. The van der Waals surface area contributed by atoms with Gasteiger partial charge < -0.3 is 0 Å². The van der Waals surface area contributed by atoms with Crippen molar-refractivity contribution in [2.75, 3.05) is 0 Å². The van der Waals surface area contributed by atoms with Crippen molar-refractivity contribution >= 4 is 17.1 Å². The second-order valence-electron chi connectivity index (χ2n) is 7.06. The molecule has 2 aromatic rings. The van der Waals surface area contributed by atoms with Gasteiger partial charge in [-0.3, -0.25) is 4.79 Å². The lowest BCUT2D eigenvalue weighted by Gasteiger charge is -2.26. The SMILES string of the molecule is CC1(C)CC(=O)c2sc(C3CCc4ccccc43)nc2C1. The van der Waals surface area contributed by atoms with Gasteiger partial charge in [0.15, 0.2) is 5.78 Å². The van der Waals surface area contributed by atoms with Gasteiger partial charge in [0.2, 0.25) is 0 Å². The summed E-state index contributed by atoms with van der Waals surface area (Å²) in [6.45, 7) is 4.33. The molecule has 108 valence electrons. The molecule has 0 radical (unpaired) electrons. The van der Waals surface area contributed by atoms with Crippen LogP contribution in [-0.4, -0.2) is 10.8 Å². The van der Waals surface area contributed by atoms with Crippen molar-refractivity contribution in [3.8, 4) is 0 Å². The Morgan fingerprint density at radius 1 is 1.24 bits per heavy atom. The summed E-state index contributed by atoms with van der Waals surface area (Å²) in [4.78, 5) is 18.1. The molecule has 1 aromatic heterocycles. The van der Waals surface area contributed by atoms with E-state index in [1.807, 2.05) is 0 Å². The van der Waals surface area contributed by atoms with E-state index in [9.17, 15) is 4.79 Å². The second kappa shape index (κ2) is 4.51. The molecule has 4 rings (SSSR count). The standard InChI is InChI=1S/C18H19NOS/c1-18(2)9-14-16(15(20)10-18)21-17(19-14)13-8-7-11-5-3-4-6-12(11)13/h3-6,13H,7-10H2,1-2H3. The molecule has 1 atom stereocenters. The number of aromatic nitrogens is 1. The molecule has 1 unspecified atom stereocenters. The zero-order valence-electron chi connectivity index (χ0n) is 12.5. The van der Waals surface area contributed by atoms with Gasteiger partial charge in [-0.25, -0.2) is 4.98 Å². The number of Topliss-reactive ketones (excluding diaryl/α,β-unsaturated/α-hetero) is 1. The van der Waals surface area contributed by atoms with Crippen LogP contribution in [0.3, 0.4) is 0 Å². The van der Waals surface area contributed by atoms with Gasteiger partial charge in [0.1, 0.15) is 5.01 Å². The van der Waals surface area contributed by atoms with E-state index in [0.29, 0.717) is 12.3 Å². The highest BCUT2D eigenvalue weighted by atomic mass is 32.1. The smallest absolute Gasteiger partial charge is 0.175 e. The molecule has 2 nitrogen and oxygen atoms in total. The normalized spacial score (nSPS) is 23.0. The van der Waals surface area contributed by atoms with Gasteiger partial charge in [-0.15, -0.1) is 11.3 Å². The molecule has 3 heteroatoms. The number of nitrogens with zero attached hydrogens (tertiary/aromatic N) is 1. The third-order valence-corrected chi connectivity index (χ3v) is 5.94. The van der Waals surface area contributed by atoms with Gasteiger partial charge in [0, 0.05) is 12.3 Å². The number of ketones is 1. The minimum atomic E-state index is 0.0585. The van der Waals surface area contributed by atoms with E-state index in [0.717, 1.165) is 34.8 Å². The molecule has 0 saturated carbocycles. The number of benzene rings is 1. The van der Waals surface area contributed by atoms with E-state index in [-0.39, 0.29) is 11.2 Å². The molecule has 0 saturated heterocycles. The second-order valence-corrected chi connectivity index (χ2v) is 8.09. The highest BCUT2D eigenvalue weighted by Gasteiger charge is 2.35. The summed E-state index contributed by atoms with van der Waals surface area (Å²) in [6.07, 6.45) is 3.84. The third kappa shape index (κ3) is 2.15. The lowest BCUT2D eigenvalue weighted by Crippen LogP contribution is -2.26. The van der Waals surface area contributed by atoms with Gasteiger partial charge in [-0.1, -0.05) is 38.1 Å². The molecule has 2 aliphatic rings. The maximum Gasteiger partial charge on any atom is 0.175 e. The molecular weight excluding hydrogens is 278 g/mol. The Labute approximate surface area is 129 Å². The van der Waals surface area contributed by atoms with Crippen LogP contribution < -0.4 is 0 Å². The number of rotatable bonds is 1. The first-order valence-electron chi connectivity index (χ1n) is 7.64. The van der Waals surface area contributed by atoms with Crippen molar-refractivity contribution in [2.45, 2.75) is 45.4 Å². The van der Waals surface area contributed by atoms with Gasteiger partial charge in [0.25, 0.3) is 0 Å². The minimum absolute atomic E-state index is 0.0585. The molecule has 1 heterocycles. The van der Waals surface area contributed by atoms with Gasteiger partial charge in [-0.2, -0.15) is 0 Å². The molecule has 1 aromatic carbocycles. The Hall–Kier alpha value is -1.48. The molecule has 0 aliphatic heterocycles. The molecule has 0 bridgehead atoms. The fraction of sp³-hybridized carbons (Fsp3) is 0.444. The van der Waals surface area contributed by atoms with Crippen LogP contribution >= 0.6 is 11.3 Å². The first kappa shape index (κ1) is 13.2. The highest BCUT2D eigenvalue weighted by Crippen LogP contribution is 2.43. The number of carbonyl (C=O) groups excluding carboxylic acids is 1. The van der Waals surface area contributed by atoms with Crippen molar-refractivity contribution in [2.24, 2.45) is 5.41 Å². The van der Waals surface area contributed by atoms with Crippen LogP contribution in [0.4, 0.5) is 0 Å². The van der Waals surface area contributed by atoms with Crippen molar-refractivity contribution in [3.63, 3.8) is 0 Å². The maximum absolute atomic E-state index is 12.3. The zero-order valence-corrected chi connectivity index (χ0v) is 13.3. The fourth-order valence-electron chi connectivity index (χ4n) is 3.70. The summed E-state index contributed by atoms with van der Waals surface area (Å²) in [5.74, 6) is 0.684. The fourth-order valence-corrected chi connectivity index (χ4v) is 4.87. The van der Waals surface area contributed by atoms with Gasteiger partial charge in [0.05, 0.1) is 10.6 Å². The molecule has 0 amide bonds. The van der Waals surface area contributed by atoms with Crippen LogP contribution in [0.1, 0.15) is 64.1 Å². The summed E-state index contributed by atoms with van der Waals surface area (Å²) in [5, 5.41) is 1.15. The lowest BCUT2D eigenvalue weighted by atomic mass is 9.78. The summed E-state index contributed by atoms with van der Waals surface area (Å²) in [5.41, 5.74) is 3.96. The average Bonchev–Trinajstić information content (AvgIpc) is 3.00. The molecule has 21 heavy (non-hydrogen) atoms. The van der Waals surface area contributed by atoms with E-state index in [1.165, 1.54) is 11.1 Å². The van der Waals surface area contributed by atoms with Gasteiger partial charge >= 0.3 is 0 Å². The first-order valence-corrected chi connectivity index (χ1v) is 8.46. The van der Waals surface area contributed by atoms with Crippen LogP contribution in [-0.2, 0) is 12.8 Å². The summed E-state index contributed by atoms with van der Waals surface area (Å²) >= 11 is 1.64. The van der Waals surface area contributed by atoms with Crippen molar-refractivity contribution < 1.29 is 4.79 Å². The van der Waals surface area contributed by atoms with E-state index in [1.54, 1.807) is 11.3 Å². The van der Waals surface area contributed by atoms with Crippen LogP contribution in [0, 0.1) is 5.41 Å². The third-order valence-electron chi connectivity index (χ3n) is 4.68. The van der Waals surface area contributed by atoms with Crippen LogP contribution in [0.25, 0.3) is 0 Å². The first-order chi connectivity index (χ1) is 10.0. The van der Waals surface area contributed by atoms with Crippen LogP contribution in [0.5, 0.6) is 0 Å². The van der Waals surface area contributed by atoms with Crippen molar-refractivity contribution in [1.29, 1.82) is 0 Å². The summed E-state index contributed by atoms with van der Waals surface area (Å²) in [6, 6.07) is 8.66. The van der Waals surface area contributed by atoms with E-state index in [4.69, 9.17) is 4.98 Å². The Bertz CT molecular complexity index is 729. The highest BCUT2D eigenvalue weighted by molar-refractivity contribution is 7.14. The van der Waals surface area contributed by atoms with E-state index >= 15 is 0 Å². The quantitative estimate of drug-likeness (QED) is 0.782. The van der Waals surface area contributed by atoms with Crippen LogP contribution in [0.15, 0.2) is 24.3 Å². The summed E-state index contributed by atoms with van der Waals surface area (Å²) in [7, 11) is 0. The van der Waals surface area contributed by atoms with Gasteiger partial charge in [-0.05, 0) is 35.8 Å². The topological polar surface area (TPSA) is 30.0 Å². The number of hydrogen-bond donors (Lipinski definition) is 0. The molecule has 2 aliphatic carbocycles. The van der Waals surface area contributed by atoms with Crippen molar-refractivity contribution in [3.05, 3.63) is 51.0 Å². The number of thiazole rings is 1. The zero-order chi connectivity index (χ0) is 14.6. The Morgan fingerprint density at radius 2 is 2.05 bits per heavy atom. The number of carbonyl (C=O) groups is 1. The van der Waals surface area contributed by atoms with E-state index < -0.39 is 0 Å². The van der Waals surface area contributed by atoms with Crippen LogP contribution in [0.2, 0.25) is 0 Å².